The Kier molecular flexibility index (Phi) is 5.90. The largest absolute Gasteiger partial charge is 0.312 e. The maximum atomic E-state index is 5.54. The van der Waals surface area contributed by atoms with Gasteiger partial charge in [-0.1, -0.05) is 29.8 Å². The van der Waals surface area contributed by atoms with Crippen LogP contribution in [-0.2, 0) is 0 Å². The van der Waals surface area contributed by atoms with Gasteiger partial charge in [0.2, 0.25) is 0 Å². The normalized spacial score (nSPS) is 8.82. The van der Waals surface area contributed by atoms with Crippen LogP contribution in [0.1, 0.15) is 0 Å². The van der Waals surface area contributed by atoms with Crippen LogP contribution in [0.15, 0.2) is 30.3 Å². The van der Waals surface area contributed by atoms with Crippen molar-refractivity contribution in [3.63, 3.8) is 0 Å². The molecule has 0 aromatic heterocycles. The number of rotatable bonds is 0. The smallest absolute Gasteiger partial charge is 0.0405 e. The Morgan fingerprint density at radius 2 is 1.36 bits per heavy atom. The van der Waals surface area contributed by atoms with Crippen LogP contribution in [0.5, 0.6) is 0 Å². The standard InChI is InChI=1S/C6H5Cl.C3H9N/c7-6-4-2-1-3-5-6;1-4(2)3/h1-5H;1-3H3. The summed E-state index contributed by atoms with van der Waals surface area (Å²) in [4.78, 5) is 2.00. The highest BCUT2D eigenvalue weighted by Gasteiger charge is 1.74. The number of hydrogen-bond donors (Lipinski definition) is 0. The fraction of sp³-hybridized carbons (Fsp3) is 0.333. The van der Waals surface area contributed by atoms with E-state index in [1.807, 2.05) is 56.4 Å². The van der Waals surface area contributed by atoms with Crippen molar-refractivity contribution >= 4 is 11.6 Å². The molecule has 0 N–H and O–H groups in total. The Hall–Kier alpha value is -0.530. The van der Waals surface area contributed by atoms with Crippen LogP contribution in [0.3, 0.4) is 0 Å². The third kappa shape index (κ3) is 9.47. The van der Waals surface area contributed by atoms with Crippen molar-refractivity contribution < 1.29 is 0 Å². The Morgan fingerprint density at radius 1 is 1.00 bits per heavy atom. The second-order valence-corrected chi connectivity index (χ2v) is 3.07. The van der Waals surface area contributed by atoms with Gasteiger partial charge in [0, 0.05) is 5.02 Å². The van der Waals surface area contributed by atoms with Gasteiger partial charge in [-0.3, -0.25) is 0 Å². The lowest BCUT2D eigenvalue weighted by Crippen LogP contribution is -1.99. The topological polar surface area (TPSA) is 3.24 Å². The van der Waals surface area contributed by atoms with Crippen LogP contribution in [0.25, 0.3) is 0 Å². The van der Waals surface area contributed by atoms with Crippen molar-refractivity contribution in [3.8, 4) is 0 Å². The third-order valence-electron chi connectivity index (χ3n) is 0.733. The van der Waals surface area contributed by atoms with E-state index in [-0.39, 0.29) is 0 Å². The highest BCUT2D eigenvalue weighted by Crippen LogP contribution is 2.03. The fourth-order valence-electron chi connectivity index (χ4n) is 0.415. The first-order valence-corrected chi connectivity index (χ1v) is 3.82. The first-order chi connectivity index (χ1) is 5.13. The molecular weight excluding hydrogens is 158 g/mol. The number of hydrogen-bond acceptors (Lipinski definition) is 1. The van der Waals surface area contributed by atoms with Gasteiger partial charge in [-0.05, 0) is 33.3 Å². The van der Waals surface area contributed by atoms with Crippen molar-refractivity contribution in [2.45, 2.75) is 0 Å². The monoisotopic (exact) mass is 171 g/mol. The Morgan fingerprint density at radius 3 is 1.55 bits per heavy atom. The summed E-state index contributed by atoms with van der Waals surface area (Å²) in [5.74, 6) is 0. The number of halogens is 1. The van der Waals surface area contributed by atoms with Crippen LogP contribution in [-0.4, -0.2) is 26.0 Å². The zero-order valence-corrected chi connectivity index (χ0v) is 7.97. The Bertz CT molecular complexity index is 169. The molecule has 0 fully saturated rings. The van der Waals surface area contributed by atoms with E-state index in [0.29, 0.717) is 0 Å². The summed E-state index contributed by atoms with van der Waals surface area (Å²) in [6.45, 7) is 0. The van der Waals surface area contributed by atoms with Crippen molar-refractivity contribution in [2.75, 3.05) is 21.1 Å². The van der Waals surface area contributed by atoms with Crippen LogP contribution in [0.4, 0.5) is 0 Å². The molecule has 1 nitrogen and oxygen atoms in total. The summed E-state index contributed by atoms with van der Waals surface area (Å²) in [5, 5.41) is 0.794. The summed E-state index contributed by atoms with van der Waals surface area (Å²) in [6, 6.07) is 9.44. The number of nitrogens with zero attached hydrogens (tertiary/aromatic N) is 1. The lowest BCUT2D eigenvalue weighted by Gasteiger charge is -1.90. The van der Waals surface area contributed by atoms with Gasteiger partial charge in [0.1, 0.15) is 0 Å². The molecule has 0 aliphatic heterocycles. The van der Waals surface area contributed by atoms with Gasteiger partial charge in [-0.15, -0.1) is 0 Å². The molecule has 0 saturated carbocycles. The molecule has 0 unspecified atom stereocenters. The molecule has 0 heterocycles. The molecule has 0 aliphatic rings. The minimum absolute atomic E-state index is 0.794. The van der Waals surface area contributed by atoms with Crippen LogP contribution >= 0.6 is 11.6 Å². The van der Waals surface area contributed by atoms with Crippen molar-refractivity contribution in [2.24, 2.45) is 0 Å². The van der Waals surface area contributed by atoms with Gasteiger partial charge in [0.25, 0.3) is 0 Å². The lowest BCUT2D eigenvalue weighted by atomic mass is 10.4. The SMILES string of the molecule is CN(C)C.Clc1ccccc1. The van der Waals surface area contributed by atoms with E-state index in [0.717, 1.165) is 5.02 Å². The minimum Gasteiger partial charge on any atom is -0.312 e. The number of benzene rings is 1. The maximum Gasteiger partial charge on any atom is 0.0405 e. The first-order valence-electron chi connectivity index (χ1n) is 3.44. The third-order valence-corrected chi connectivity index (χ3v) is 0.985. The van der Waals surface area contributed by atoms with Crippen LogP contribution in [0, 0.1) is 0 Å². The van der Waals surface area contributed by atoms with Crippen molar-refractivity contribution in [1.29, 1.82) is 0 Å². The lowest BCUT2D eigenvalue weighted by molar-refractivity contribution is 0.505. The average Bonchev–Trinajstić information content (AvgIpc) is 1.87. The fourth-order valence-corrected chi connectivity index (χ4v) is 0.560. The van der Waals surface area contributed by atoms with Crippen LogP contribution in [0.2, 0.25) is 5.02 Å². The summed E-state index contributed by atoms with van der Waals surface area (Å²) in [7, 11) is 6.00. The predicted molar refractivity (Wildman–Crippen MR) is 51.1 cm³/mol. The molecular formula is C9H14ClN. The second-order valence-electron chi connectivity index (χ2n) is 2.64. The predicted octanol–water partition coefficient (Wildman–Crippen LogP) is 2.52. The highest BCUT2D eigenvalue weighted by atomic mass is 35.5. The van der Waals surface area contributed by atoms with Gasteiger partial charge in [0.15, 0.2) is 0 Å². The Balaban J connectivity index is 0.000000218. The molecule has 0 saturated heterocycles. The molecule has 0 bridgehead atoms. The van der Waals surface area contributed by atoms with Crippen molar-refractivity contribution in [1.82, 2.24) is 4.90 Å². The van der Waals surface area contributed by atoms with E-state index in [4.69, 9.17) is 11.6 Å². The van der Waals surface area contributed by atoms with Gasteiger partial charge in [-0.2, -0.15) is 0 Å². The first kappa shape index (κ1) is 10.5. The molecule has 1 aromatic carbocycles. The van der Waals surface area contributed by atoms with Crippen molar-refractivity contribution in [3.05, 3.63) is 35.4 Å². The highest BCUT2D eigenvalue weighted by molar-refractivity contribution is 6.30. The molecule has 0 radical (unpaired) electrons. The summed E-state index contributed by atoms with van der Waals surface area (Å²) >= 11 is 5.54. The summed E-state index contributed by atoms with van der Waals surface area (Å²) in [6.07, 6.45) is 0. The molecule has 1 aromatic rings. The molecule has 0 aliphatic carbocycles. The summed E-state index contributed by atoms with van der Waals surface area (Å²) in [5.41, 5.74) is 0. The zero-order valence-electron chi connectivity index (χ0n) is 7.21. The summed E-state index contributed by atoms with van der Waals surface area (Å²) < 4.78 is 0. The van der Waals surface area contributed by atoms with E-state index < -0.39 is 0 Å². The van der Waals surface area contributed by atoms with Gasteiger partial charge in [-0.25, -0.2) is 0 Å². The van der Waals surface area contributed by atoms with E-state index in [9.17, 15) is 0 Å². The molecule has 11 heavy (non-hydrogen) atoms. The van der Waals surface area contributed by atoms with E-state index >= 15 is 0 Å². The molecule has 0 amide bonds. The van der Waals surface area contributed by atoms with Gasteiger partial charge >= 0.3 is 0 Å². The molecule has 62 valence electrons. The van der Waals surface area contributed by atoms with Gasteiger partial charge < -0.3 is 4.90 Å². The van der Waals surface area contributed by atoms with E-state index in [1.165, 1.54) is 0 Å². The molecule has 0 spiro atoms. The van der Waals surface area contributed by atoms with E-state index in [1.54, 1.807) is 0 Å². The maximum absolute atomic E-state index is 5.54. The van der Waals surface area contributed by atoms with Gasteiger partial charge in [0.05, 0.1) is 0 Å². The second kappa shape index (κ2) is 6.20. The average molecular weight is 172 g/mol. The van der Waals surface area contributed by atoms with Crippen LogP contribution < -0.4 is 0 Å². The minimum atomic E-state index is 0.794. The molecule has 0 atom stereocenters. The van der Waals surface area contributed by atoms with E-state index in [2.05, 4.69) is 0 Å². The molecule has 1 rings (SSSR count). The Labute approximate surface area is 73.6 Å². The zero-order chi connectivity index (χ0) is 8.69. The quantitative estimate of drug-likeness (QED) is 0.580. The molecule has 2 heteroatoms.